The lowest BCUT2D eigenvalue weighted by atomic mass is 10.0. The highest BCUT2D eigenvalue weighted by Gasteiger charge is 2.53. The Bertz CT molecular complexity index is 521. The Labute approximate surface area is 119 Å². The Morgan fingerprint density at radius 1 is 1.30 bits per heavy atom. The Balaban J connectivity index is 1.41. The molecule has 1 N–H and O–H groups in total. The SMILES string of the molecule is COc1cc(CNCC2(C3CC3)CC2)cc2c1OCO2. The van der Waals surface area contributed by atoms with E-state index >= 15 is 0 Å². The van der Waals surface area contributed by atoms with E-state index in [-0.39, 0.29) is 6.79 Å². The summed E-state index contributed by atoms with van der Waals surface area (Å²) in [5.41, 5.74) is 1.83. The number of benzene rings is 1. The molecule has 2 aliphatic carbocycles. The number of hydrogen-bond acceptors (Lipinski definition) is 4. The van der Waals surface area contributed by atoms with Gasteiger partial charge in [0.2, 0.25) is 12.5 Å². The predicted molar refractivity (Wildman–Crippen MR) is 75.2 cm³/mol. The van der Waals surface area contributed by atoms with Crippen LogP contribution in [0.15, 0.2) is 12.1 Å². The number of hydrogen-bond donors (Lipinski definition) is 1. The maximum atomic E-state index is 5.46. The minimum atomic E-state index is 0.285. The molecule has 4 rings (SSSR count). The highest BCUT2D eigenvalue weighted by molar-refractivity contribution is 5.55. The molecule has 2 saturated carbocycles. The van der Waals surface area contributed by atoms with Gasteiger partial charge in [0.15, 0.2) is 11.5 Å². The van der Waals surface area contributed by atoms with Gasteiger partial charge in [-0.1, -0.05) is 0 Å². The second kappa shape index (κ2) is 4.55. The zero-order valence-electron chi connectivity index (χ0n) is 11.9. The minimum absolute atomic E-state index is 0.285. The van der Waals surface area contributed by atoms with Crippen molar-refractivity contribution >= 4 is 0 Å². The van der Waals surface area contributed by atoms with Crippen molar-refractivity contribution in [3.63, 3.8) is 0 Å². The normalized spacial score (nSPS) is 21.9. The lowest BCUT2D eigenvalue weighted by Gasteiger charge is -2.15. The van der Waals surface area contributed by atoms with Crippen molar-refractivity contribution < 1.29 is 14.2 Å². The van der Waals surface area contributed by atoms with Crippen molar-refractivity contribution in [3.8, 4) is 17.2 Å². The van der Waals surface area contributed by atoms with Crippen LogP contribution in [-0.4, -0.2) is 20.4 Å². The lowest BCUT2D eigenvalue weighted by molar-refractivity contribution is 0.171. The van der Waals surface area contributed by atoms with Gasteiger partial charge in [0.05, 0.1) is 7.11 Å². The number of fused-ring (bicyclic) bond motifs is 1. The van der Waals surface area contributed by atoms with Crippen LogP contribution in [0.3, 0.4) is 0 Å². The molecule has 1 aromatic rings. The summed E-state index contributed by atoms with van der Waals surface area (Å²) in [6, 6.07) is 4.09. The molecule has 108 valence electrons. The van der Waals surface area contributed by atoms with E-state index in [1.165, 1.54) is 31.2 Å². The third-order valence-electron chi connectivity index (χ3n) is 4.86. The van der Waals surface area contributed by atoms with Gasteiger partial charge in [-0.05, 0) is 54.7 Å². The Kier molecular flexibility index (Phi) is 2.81. The first-order chi connectivity index (χ1) is 9.81. The fourth-order valence-corrected chi connectivity index (χ4v) is 3.33. The van der Waals surface area contributed by atoms with E-state index < -0.39 is 0 Å². The highest BCUT2D eigenvalue weighted by atomic mass is 16.7. The van der Waals surface area contributed by atoms with Crippen LogP contribution in [-0.2, 0) is 6.54 Å². The van der Waals surface area contributed by atoms with Crippen molar-refractivity contribution in [3.05, 3.63) is 17.7 Å². The van der Waals surface area contributed by atoms with E-state index in [9.17, 15) is 0 Å². The van der Waals surface area contributed by atoms with Crippen molar-refractivity contribution in [2.24, 2.45) is 11.3 Å². The van der Waals surface area contributed by atoms with Crippen LogP contribution >= 0.6 is 0 Å². The second-order valence-corrected chi connectivity index (χ2v) is 6.27. The maximum absolute atomic E-state index is 5.46. The zero-order valence-corrected chi connectivity index (χ0v) is 11.9. The van der Waals surface area contributed by atoms with Crippen LogP contribution in [0.4, 0.5) is 0 Å². The van der Waals surface area contributed by atoms with Crippen molar-refractivity contribution in [2.75, 3.05) is 20.4 Å². The summed E-state index contributed by atoms with van der Waals surface area (Å²) in [5, 5.41) is 3.62. The van der Waals surface area contributed by atoms with Crippen LogP contribution in [0.25, 0.3) is 0 Å². The van der Waals surface area contributed by atoms with E-state index in [0.717, 1.165) is 36.3 Å². The predicted octanol–water partition coefficient (Wildman–Crippen LogP) is 2.70. The topological polar surface area (TPSA) is 39.7 Å². The van der Waals surface area contributed by atoms with Gasteiger partial charge in [-0.3, -0.25) is 0 Å². The quantitative estimate of drug-likeness (QED) is 0.866. The van der Waals surface area contributed by atoms with Gasteiger partial charge < -0.3 is 19.5 Å². The third-order valence-corrected chi connectivity index (χ3v) is 4.86. The first-order valence-corrected chi connectivity index (χ1v) is 7.48. The largest absolute Gasteiger partial charge is 0.493 e. The Morgan fingerprint density at radius 2 is 2.15 bits per heavy atom. The molecule has 3 aliphatic rings. The molecule has 20 heavy (non-hydrogen) atoms. The van der Waals surface area contributed by atoms with Crippen LogP contribution in [0, 0.1) is 11.3 Å². The molecule has 1 aliphatic heterocycles. The molecule has 4 heteroatoms. The fourth-order valence-electron chi connectivity index (χ4n) is 3.33. The molecule has 0 amide bonds. The first-order valence-electron chi connectivity index (χ1n) is 7.48. The Morgan fingerprint density at radius 3 is 2.85 bits per heavy atom. The summed E-state index contributed by atoms with van der Waals surface area (Å²) < 4.78 is 16.2. The van der Waals surface area contributed by atoms with Gasteiger partial charge in [0.25, 0.3) is 0 Å². The van der Waals surface area contributed by atoms with E-state index in [4.69, 9.17) is 14.2 Å². The maximum Gasteiger partial charge on any atom is 0.231 e. The number of rotatable bonds is 6. The first kappa shape index (κ1) is 12.3. The second-order valence-electron chi connectivity index (χ2n) is 6.27. The minimum Gasteiger partial charge on any atom is -0.493 e. The van der Waals surface area contributed by atoms with E-state index in [2.05, 4.69) is 11.4 Å². The molecule has 2 fully saturated rings. The smallest absolute Gasteiger partial charge is 0.231 e. The molecule has 0 unspecified atom stereocenters. The average molecular weight is 275 g/mol. The van der Waals surface area contributed by atoms with E-state index in [1.807, 2.05) is 6.07 Å². The summed E-state index contributed by atoms with van der Waals surface area (Å²) in [6.45, 7) is 2.29. The summed E-state index contributed by atoms with van der Waals surface area (Å²) in [4.78, 5) is 0. The Hall–Kier alpha value is -1.42. The van der Waals surface area contributed by atoms with Gasteiger partial charge in [-0.15, -0.1) is 0 Å². The summed E-state index contributed by atoms with van der Waals surface area (Å²) >= 11 is 0. The van der Waals surface area contributed by atoms with E-state index in [1.54, 1.807) is 7.11 Å². The van der Waals surface area contributed by atoms with Gasteiger partial charge >= 0.3 is 0 Å². The molecule has 0 saturated heterocycles. The summed E-state index contributed by atoms with van der Waals surface area (Å²) in [7, 11) is 1.67. The van der Waals surface area contributed by atoms with Crippen LogP contribution < -0.4 is 19.5 Å². The van der Waals surface area contributed by atoms with E-state index in [0.29, 0.717) is 5.41 Å². The van der Waals surface area contributed by atoms with Gasteiger partial charge in [0.1, 0.15) is 0 Å². The average Bonchev–Trinajstić information content (AvgIpc) is 3.36. The molecule has 0 radical (unpaired) electrons. The van der Waals surface area contributed by atoms with Crippen LogP contribution in [0.2, 0.25) is 0 Å². The molecular weight excluding hydrogens is 254 g/mol. The van der Waals surface area contributed by atoms with Gasteiger partial charge in [-0.25, -0.2) is 0 Å². The monoisotopic (exact) mass is 275 g/mol. The molecule has 0 spiro atoms. The molecule has 0 bridgehead atoms. The van der Waals surface area contributed by atoms with Crippen LogP contribution in [0.1, 0.15) is 31.2 Å². The lowest BCUT2D eigenvalue weighted by Crippen LogP contribution is -2.25. The van der Waals surface area contributed by atoms with Crippen molar-refractivity contribution in [1.82, 2.24) is 5.32 Å². The molecule has 1 aromatic carbocycles. The highest BCUT2D eigenvalue weighted by Crippen LogP contribution is 2.60. The molecule has 0 atom stereocenters. The van der Waals surface area contributed by atoms with Crippen LogP contribution in [0.5, 0.6) is 17.2 Å². The summed E-state index contributed by atoms with van der Waals surface area (Å²) in [6.07, 6.45) is 5.71. The molecule has 1 heterocycles. The number of nitrogens with one attached hydrogen (secondary N) is 1. The third kappa shape index (κ3) is 2.12. The number of ether oxygens (including phenoxy) is 3. The van der Waals surface area contributed by atoms with Gasteiger partial charge in [0, 0.05) is 13.1 Å². The zero-order chi connectivity index (χ0) is 13.6. The van der Waals surface area contributed by atoms with Crippen molar-refractivity contribution in [1.29, 1.82) is 0 Å². The standard InChI is InChI=1S/C16H21NO3/c1-18-13-6-11(7-14-15(13)20-10-19-14)8-17-9-16(4-5-16)12-2-3-12/h6-7,12,17H,2-5,8-10H2,1H3. The number of methoxy groups -OCH3 is 1. The molecular formula is C16H21NO3. The molecule has 0 aromatic heterocycles. The summed E-state index contributed by atoms with van der Waals surface area (Å²) in [5.74, 6) is 3.29. The molecule has 4 nitrogen and oxygen atoms in total. The van der Waals surface area contributed by atoms with Gasteiger partial charge in [-0.2, -0.15) is 0 Å². The fraction of sp³-hybridized carbons (Fsp3) is 0.625. The van der Waals surface area contributed by atoms with Crippen molar-refractivity contribution in [2.45, 2.75) is 32.2 Å².